The lowest BCUT2D eigenvalue weighted by Gasteiger charge is -2.46. The van der Waals surface area contributed by atoms with Gasteiger partial charge in [0.1, 0.15) is 48.8 Å². The van der Waals surface area contributed by atoms with Gasteiger partial charge in [-0.15, -0.1) is 0 Å². The zero-order chi connectivity index (χ0) is 25.7. The van der Waals surface area contributed by atoms with Gasteiger partial charge in [-0.3, -0.25) is 0 Å². The van der Waals surface area contributed by atoms with E-state index < -0.39 is 106 Å². The van der Waals surface area contributed by atoms with Crippen LogP contribution in [-0.4, -0.2) is 162 Å². The van der Waals surface area contributed by atoms with Crippen molar-refractivity contribution < 1.29 is 79.9 Å². The Morgan fingerprint density at radius 1 is 0.912 bits per heavy atom. The minimum Gasteiger partial charge on any atom is -0.479 e. The number of carboxylic acids is 1. The highest BCUT2D eigenvalue weighted by atomic mass is 16.7. The van der Waals surface area contributed by atoms with Crippen LogP contribution in [0.2, 0.25) is 0 Å². The molecular formula is C18H32O16. The molecule has 16 nitrogen and oxygen atoms in total. The van der Waals surface area contributed by atoms with Crippen molar-refractivity contribution in [3.05, 3.63) is 0 Å². The fourth-order valence-corrected chi connectivity index (χ4v) is 3.62. The minimum atomic E-state index is -2.46. The van der Waals surface area contributed by atoms with Crippen LogP contribution in [0.15, 0.2) is 0 Å². The van der Waals surface area contributed by atoms with E-state index in [4.69, 9.17) is 24.1 Å². The van der Waals surface area contributed by atoms with Gasteiger partial charge in [-0.1, -0.05) is 0 Å². The van der Waals surface area contributed by atoms with E-state index in [0.717, 1.165) is 0 Å². The second-order valence-corrected chi connectivity index (χ2v) is 8.03. The van der Waals surface area contributed by atoms with Gasteiger partial charge >= 0.3 is 5.97 Å². The number of hydrogen-bond donors (Lipinski definition) is 11. The Morgan fingerprint density at radius 3 is 2.09 bits per heavy atom. The van der Waals surface area contributed by atoms with Crippen molar-refractivity contribution in [1.29, 1.82) is 0 Å². The predicted octanol–water partition coefficient (Wildman–Crippen LogP) is -6.82. The van der Waals surface area contributed by atoms with Crippen LogP contribution in [0.4, 0.5) is 0 Å². The molecule has 0 radical (unpaired) electrons. The number of aliphatic carboxylic acids is 1. The molecule has 34 heavy (non-hydrogen) atoms. The van der Waals surface area contributed by atoms with Crippen LogP contribution in [0.25, 0.3) is 0 Å². The third-order valence-corrected chi connectivity index (χ3v) is 5.59. The lowest BCUT2D eigenvalue weighted by molar-refractivity contribution is -0.361. The highest BCUT2D eigenvalue weighted by Gasteiger charge is 2.50. The Labute approximate surface area is 192 Å². The molecule has 2 fully saturated rings. The van der Waals surface area contributed by atoms with Crippen LogP contribution >= 0.6 is 0 Å². The molecule has 13 unspecified atom stereocenters. The van der Waals surface area contributed by atoms with Crippen LogP contribution in [0.5, 0.6) is 0 Å². The third-order valence-electron chi connectivity index (χ3n) is 5.59. The summed E-state index contributed by atoms with van der Waals surface area (Å²) < 4.78 is 21.2. The van der Waals surface area contributed by atoms with E-state index in [2.05, 4.69) is 0 Å². The second kappa shape index (κ2) is 12.7. The molecule has 2 heterocycles. The van der Waals surface area contributed by atoms with Crippen molar-refractivity contribution in [2.75, 3.05) is 19.8 Å². The van der Waals surface area contributed by atoms with Crippen LogP contribution in [-0.2, 0) is 23.7 Å². The van der Waals surface area contributed by atoms with Crippen LogP contribution in [0.1, 0.15) is 6.42 Å². The molecular weight excluding hydrogens is 472 g/mol. The molecule has 2 saturated heterocycles. The summed E-state index contributed by atoms with van der Waals surface area (Å²) in [6, 6.07) is 0. The van der Waals surface area contributed by atoms with Gasteiger partial charge in [0, 0.05) is 6.42 Å². The number of carbonyl (C=O) groups is 1. The van der Waals surface area contributed by atoms with Crippen molar-refractivity contribution in [2.24, 2.45) is 0 Å². The number of rotatable bonds is 11. The lowest BCUT2D eigenvalue weighted by Crippen LogP contribution is -2.64. The van der Waals surface area contributed by atoms with Crippen molar-refractivity contribution >= 4 is 5.97 Å². The first-order chi connectivity index (χ1) is 16.0. The van der Waals surface area contributed by atoms with Gasteiger partial charge in [0.05, 0.1) is 32.0 Å². The van der Waals surface area contributed by atoms with Crippen LogP contribution in [0.3, 0.4) is 0 Å². The standard InChI is InChI=1S/C18H32O16/c19-2-5-1-6(22)9(24)17(31-5)34-15-8(4-21)32-18(13(28)11(15)26)33-14(7(23)3-20)10(25)12(27)16(29)30/h5-15,17-28H,1-4H2,(H,29,30). The first-order valence-corrected chi connectivity index (χ1v) is 10.4. The van der Waals surface area contributed by atoms with E-state index in [1.54, 1.807) is 0 Å². The van der Waals surface area contributed by atoms with Crippen molar-refractivity contribution in [3.8, 4) is 0 Å². The van der Waals surface area contributed by atoms with Gasteiger partial charge in [-0.05, 0) is 0 Å². The fraction of sp³-hybridized carbons (Fsp3) is 0.944. The fourth-order valence-electron chi connectivity index (χ4n) is 3.62. The summed E-state index contributed by atoms with van der Waals surface area (Å²) in [5.41, 5.74) is 0. The number of aliphatic hydroxyl groups is 10. The van der Waals surface area contributed by atoms with Gasteiger partial charge in [0.15, 0.2) is 18.7 Å². The number of carboxylic acid groups (broad SMARTS) is 1. The molecule has 0 aromatic heterocycles. The van der Waals surface area contributed by atoms with Crippen molar-refractivity contribution in [2.45, 2.75) is 86.1 Å². The average molecular weight is 504 g/mol. The molecule has 200 valence electrons. The van der Waals surface area contributed by atoms with E-state index in [1.807, 2.05) is 0 Å². The molecule has 2 aliphatic rings. The summed E-state index contributed by atoms with van der Waals surface area (Å²) >= 11 is 0. The molecule has 0 spiro atoms. The quantitative estimate of drug-likeness (QED) is 0.125. The molecule has 0 aliphatic carbocycles. The summed E-state index contributed by atoms with van der Waals surface area (Å²) in [5, 5.41) is 107. The highest BCUT2D eigenvalue weighted by molar-refractivity contribution is 5.72. The molecule has 0 bridgehead atoms. The molecule has 0 aromatic rings. The smallest absolute Gasteiger partial charge is 0.335 e. The summed E-state index contributed by atoms with van der Waals surface area (Å²) in [4.78, 5) is 10.9. The van der Waals surface area contributed by atoms with E-state index in [-0.39, 0.29) is 6.42 Å². The third kappa shape index (κ3) is 6.56. The maximum atomic E-state index is 10.9. The topological polar surface area (TPSA) is 277 Å². The van der Waals surface area contributed by atoms with Gasteiger partial charge in [0.2, 0.25) is 0 Å². The molecule has 0 saturated carbocycles. The Hall–Kier alpha value is -1.09. The maximum absolute atomic E-state index is 10.9. The molecule has 16 heteroatoms. The Kier molecular flexibility index (Phi) is 10.9. The monoisotopic (exact) mass is 504 g/mol. The van der Waals surface area contributed by atoms with Crippen LogP contribution in [0, 0.1) is 0 Å². The number of ether oxygens (including phenoxy) is 4. The van der Waals surface area contributed by atoms with E-state index in [9.17, 15) is 55.9 Å². The molecule has 2 aliphatic heterocycles. The minimum absolute atomic E-state index is 0.109. The van der Waals surface area contributed by atoms with Crippen LogP contribution < -0.4 is 0 Å². The first kappa shape index (κ1) is 29.1. The van der Waals surface area contributed by atoms with E-state index in [1.165, 1.54) is 0 Å². The summed E-state index contributed by atoms with van der Waals surface area (Å²) in [6.45, 7) is -2.44. The largest absolute Gasteiger partial charge is 0.479 e. The summed E-state index contributed by atoms with van der Waals surface area (Å²) in [6.07, 6.45) is -23.3. The van der Waals surface area contributed by atoms with Crippen molar-refractivity contribution in [3.63, 3.8) is 0 Å². The van der Waals surface area contributed by atoms with E-state index in [0.29, 0.717) is 0 Å². The molecule has 11 N–H and O–H groups in total. The zero-order valence-electron chi connectivity index (χ0n) is 17.8. The Bertz CT molecular complexity index is 635. The van der Waals surface area contributed by atoms with Gasteiger partial charge in [-0.2, -0.15) is 0 Å². The van der Waals surface area contributed by atoms with Gasteiger partial charge in [0.25, 0.3) is 0 Å². The zero-order valence-corrected chi connectivity index (χ0v) is 17.8. The SMILES string of the molecule is O=C(O)C(O)C(O)C(OC1OC(CO)C(OC2OC(CO)CC(O)C2O)C(O)C1O)C(O)CO. The molecule has 0 amide bonds. The molecule has 13 atom stereocenters. The Morgan fingerprint density at radius 2 is 1.56 bits per heavy atom. The maximum Gasteiger partial charge on any atom is 0.335 e. The average Bonchev–Trinajstić information content (AvgIpc) is 2.82. The predicted molar refractivity (Wildman–Crippen MR) is 103 cm³/mol. The second-order valence-electron chi connectivity index (χ2n) is 8.03. The van der Waals surface area contributed by atoms with Gasteiger partial charge in [-0.25, -0.2) is 4.79 Å². The molecule has 0 aromatic carbocycles. The molecule has 2 rings (SSSR count). The summed E-state index contributed by atoms with van der Waals surface area (Å²) in [7, 11) is 0. The number of aliphatic hydroxyl groups excluding tert-OH is 10. The van der Waals surface area contributed by atoms with Gasteiger partial charge < -0.3 is 75.1 Å². The lowest BCUT2D eigenvalue weighted by atomic mass is 9.97. The normalized spacial score (nSPS) is 40.4. The highest BCUT2D eigenvalue weighted by Crippen LogP contribution is 2.30. The van der Waals surface area contributed by atoms with Crippen molar-refractivity contribution in [1.82, 2.24) is 0 Å². The number of hydrogen-bond acceptors (Lipinski definition) is 15. The summed E-state index contributed by atoms with van der Waals surface area (Å²) in [5.74, 6) is -1.88. The Balaban J connectivity index is 2.17. The van der Waals surface area contributed by atoms with E-state index >= 15 is 0 Å². The first-order valence-electron chi connectivity index (χ1n) is 10.4.